The minimum atomic E-state index is -0.144. The van der Waals surface area contributed by atoms with Gasteiger partial charge in [-0.3, -0.25) is 9.69 Å². The number of ether oxygens (including phenoxy) is 1. The van der Waals surface area contributed by atoms with Crippen molar-refractivity contribution in [1.82, 2.24) is 10.2 Å². The number of hydrogen-bond donors (Lipinski definition) is 1. The van der Waals surface area contributed by atoms with E-state index in [0.29, 0.717) is 12.3 Å². The first kappa shape index (κ1) is 17.4. The highest BCUT2D eigenvalue weighted by molar-refractivity contribution is 5.91. The van der Waals surface area contributed by atoms with Crippen LogP contribution >= 0.6 is 0 Å². The van der Waals surface area contributed by atoms with Crippen molar-refractivity contribution in [3.05, 3.63) is 48.4 Å². The molecular formula is C19H25N3O3. The zero-order chi connectivity index (χ0) is 17.5. The molecule has 6 heteroatoms. The van der Waals surface area contributed by atoms with Crippen molar-refractivity contribution >= 4 is 11.6 Å². The summed E-state index contributed by atoms with van der Waals surface area (Å²) in [5.74, 6) is 1.11. The van der Waals surface area contributed by atoms with Gasteiger partial charge >= 0.3 is 0 Å². The largest absolute Gasteiger partial charge is 0.497 e. The van der Waals surface area contributed by atoms with Crippen LogP contribution in [0.5, 0.6) is 5.75 Å². The first-order chi connectivity index (χ1) is 12.3. The van der Waals surface area contributed by atoms with Crippen LogP contribution in [0.15, 0.2) is 47.1 Å². The second-order valence-electron chi connectivity index (χ2n) is 6.11. The summed E-state index contributed by atoms with van der Waals surface area (Å²) in [5, 5.41) is 2.89. The Kier molecular flexibility index (Phi) is 5.95. The maximum absolute atomic E-state index is 11.8. The molecule has 1 fully saturated rings. The second kappa shape index (κ2) is 8.58. The second-order valence-corrected chi connectivity index (χ2v) is 6.11. The molecule has 1 aliphatic rings. The molecule has 1 N–H and O–H groups in total. The van der Waals surface area contributed by atoms with E-state index < -0.39 is 0 Å². The fourth-order valence-corrected chi connectivity index (χ4v) is 3.02. The zero-order valence-corrected chi connectivity index (χ0v) is 14.6. The van der Waals surface area contributed by atoms with Gasteiger partial charge in [0.1, 0.15) is 5.75 Å². The third-order valence-electron chi connectivity index (χ3n) is 4.49. The Balaban J connectivity index is 1.34. The Morgan fingerprint density at radius 2 is 1.92 bits per heavy atom. The molecule has 6 nitrogen and oxygen atoms in total. The highest BCUT2D eigenvalue weighted by Crippen LogP contribution is 2.20. The number of nitrogens with zero attached hydrogens (tertiary/aromatic N) is 2. The molecule has 0 aliphatic carbocycles. The SMILES string of the molecule is COc1ccc(N2CCN(CCCNC(=O)c3ccco3)CC2)cc1. The van der Waals surface area contributed by atoms with Crippen molar-refractivity contribution in [2.75, 3.05) is 51.3 Å². The number of piperazine rings is 1. The molecule has 2 heterocycles. The summed E-state index contributed by atoms with van der Waals surface area (Å²) in [6.07, 6.45) is 2.45. The van der Waals surface area contributed by atoms with E-state index in [1.807, 2.05) is 12.1 Å². The molecule has 1 aromatic carbocycles. The maximum Gasteiger partial charge on any atom is 0.286 e. The minimum Gasteiger partial charge on any atom is -0.497 e. The number of furan rings is 1. The predicted octanol–water partition coefficient (Wildman–Crippen LogP) is 2.23. The molecule has 1 amide bonds. The van der Waals surface area contributed by atoms with Crippen molar-refractivity contribution in [2.24, 2.45) is 0 Å². The topological polar surface area (TPSA) is 58.0 Å². The molecule has 1 aliphatic heterocycles. The molecule has 3 rings (SSSR count). The van der Waals surface area contributed by atoms with Gasteiger partial charge in [-0.25, -0.2) is 0 Å². The first-order valence-corrected chi connectivity index (χ1v) is 8.69. The third-order valence-corrected chi connectivity index (χ3v) is 4.49. The fourth-order valence-electron chi connectivity index (χ4n) is 3.02. The molecular weight excluding hydrogens is 318 g/mol. The van der Waals surface area contributed by atoms with Gasteiger partial charge in [-0.15, -0.1) is 0 Å². The number of rotatable bonds is 7. The lowest BCUT2D eigenvalue weighted by Crippen LogP contribution is -2.47. The predicted molar refractivity (Wildman–Crippen MR) is 97.3 cm³/mol. The molecule has 0 bridgehead atoms. The Morgan fingerprint density at radius 3 is 2.56 bits per heavy atom. The summed E-state index contributed by atoms with van der Waals surface area (Å²) in [4.78, 5) is 16.6. The third kappa shape index (κ3) is 4.76. The number of hydrogen-bond acceptors (Lipinski definition) is 5. The van der Waals surface area contributed by atoms with Gasteiger partial charge in [0.2, 0.25) is 0 Å². The van der Waals surface area contributed by atoms with Gasteiger partial charge in [-0.2, -0.15) is 0 Å². The molecule has 0 saturated carbocycles. The molecule has 134 valence electrons. The van der Waals surface area contributed by atoms with Crippen molar-refractivity contribution in [1.29, 1.82) is 0 Å². The number of benzene rings is 1. The molecule has 25 heavy (non-hydrogen) atoms. The zero-order valence-electron chi connectivity index (χ0n) is 14.6. The monoisotopic (exact) mass is 343 g/mol. The van der Waals surface area contributed by atoms with Crippen LogP contribution in [-0.4, -0.2) is 57.2 Å². The van der Waals surface area contributed by atoms with Crippen molar-refractivity contribution in [3.8, 4) is 5.75 Å². The number of nitrogens with one attached hydrogen (secondary N) is 1. The highest BCUT2D eigenvalue weighted by atomic mass is 16.5. The number of methoxy groups -OCH3 is 1. The molecule has 0 unspecified atom stereocenters. The number of carbonyl (C=O) groups excluding carboxylic acids is 1. The van der Waals surface area contributed by atoms with E-state index in [2.05, 4.69) is 27.2 Å². The number of anilines is 1. The Hall–Kier alpha value is -2.47. The van der Waals surface area contributed by atoms with Gasteiger partial charge in [-0.1, -0.05) is 0 Å². The molecule has 0 radical (unpaired) electrons. The van der Waals surface area contributed by atoms with Gasteiger partial charge in [-0.05, 0) is 49.4 Å². The molecule has 0 atom stereocenters. The van der Waals surface area contributed by atoms with E-state index >= 15 is 0 Å². The Morgan fingerprint density at radius 1 is 1.16 bits per heavy atom. The van der Waals surface area contributed by atoms with E-state index in [1.54, 1.807) is 19.2 Å². The van der Waals surface area contributed by atoms with Crippen molar-refractivity contribution < 1.29 is 13.9 Å². The van der Waals surface area contributed by atoms with Crippen LogP contribution in [0.4, 0.5) is 5.69 Å². The molecule has 1 saturated heterocycles. The van der Waals surface area contributed by atoms with Crippen LogP contribution < -0.4 is 15.0 Å². The van der Waals surface area contributed by atoms with Gasteiger partial charge in [0.15, 0.2) is 5.76 Å². The summed E-state index contributed by atoms with van der Waals surface area (Å²) in [6, 6.07) is 11.6. The molecule has 0 spiro atoms. The minimum absolute atomic E-state index is 0.144. The van der Waals surface area contributed by atoms with E-state index in [9.17, 15) is 4.79 Å². The fraction of sp³-hybridized carbons (Fsp3) is 0.421. The lowest BCUT2D eigenvalue weighted by atomic mass is 10.2. The summed E-state index contributed by atoms with van der Waals surface area (Å²) < 4.78 is 10.3. The van der Waals surface area contributed by atoms with Crippen molar-refractivity contribution in [3.63, 3.8) is 0 Å². The van der Waals surface area contributed by atoms with Crippen LogP contribution in [0.2, 0.25) is 0 Å². The highest BCUT2D eigenvalue weighted by Gasteiger charge is 2.17. The summed E-state index contributed by atoms with van der Waals surface area (Å²) in [6.45, 7) is 5.78. The summed E-state index contributed by atoms with van der Waals surface area (Å²) >= 11 is 0. The van der Waals surface area contributed by atoms with E-state index in [0.717, 1.165) is 44.9 Å². The Labute approximate surface area is 148 Å². The van der Waals surface area contributed by atoms with Gasteiger partial charge in [0.25, 0.3) is 5.91 Å². The average Bonchev–Trinajstić information content (AvgIpc) is 3.21. The standard InChI is InChI=1S/C19H25N3O3/c1-24-17-7-5-16(6-8-17)22-13-11-21(12-14-22)10-3-9-20-19(23)18-4-2-15-25-18/h2,4-8,15H,3,9-14H2,1H3,(H,20,23). The quantitative estimate of drug-likeness (QED) is 0.781. The summed E-state index contributed by atoms with van der Waals surface area (Å²) in [7, 11) is 1.69. The lowest BCUT2D eigenvalue weighted by Gasteiger charge is -2.36. The maximum atomic E-state index is 11.8. The van der Waals surface area contributed by atoms with Crippen LogP contribution in [-0.2, 0) is 0 Å². The van der Waals surface area contributed by atoms with Crippen LogP contribution in [0.3, 0.4) is 0 Å². The molecule has 2 aromatic rings. The van der Waals surface area contributed by atoms with E-state index in [1.165, 1.54) is 12.0 Å². The van der Waals surface area contributed by atoms with Crippen LogP contribution in [0.25, 0.3) is 0 Å². The first-order valence-electron chi connectivity index (χ1n) is 8.69. The van der Waals surface area contributed by atoms with Gasteiger partial charge < -0.3 is 19.4 Å². The smallest absolute Gasteiger partial charge is 0.286 e. The Bertz CT molecular complexity index is 647. The molecule has 1 aromatic heterocycles. The lowest BCUT2D eigenvalue weighted by molar-refractivity contribution is 0.0924. The van der Waals surface area contributed by atoms with E-state index in [-0.39, 0.29) is 5.91 Å². The van der Waals surface area contributed by atoms with Crippen LogP contribution in [0, 0.1) is 0 Å². The van der Waals surface area contributed by atoms with Crippen molar-refractivity contribution in [2.45, 2.75) is 6.42 Å². The van der Waals surface area contributed by atoms with Crippen LogP contribution in [0.1, 0.15) is 17.0 Å². The van der Waals surface area contributed by atoms with Gasteiger partial charge in [0, 0.05) is 38.4 Å². The number of carbonyl (C=O) groups is 1. The van der Waals surface area contributed by atoms with Gasteiger partial charge in [0.05, 0.1) is 13.4 Å². The van der Waals surface area contributed by atoms with E-state index in [4.69, 9.17) is 9.15 Å². The summed E-state index contributed by atoms with van der Waals surface area (Å²) in [5.41, 5.74) is 1.24. The number of amides is 1. The average molecular weight is 343 g/mol. The normalized spacial score (nSPS) is 15.2.